The lowest BCUT2D eigenvalue weighted by Gasteiger charge is -2.28. The van der Waals surface area contributed by atoms with E-state index in [1.54, 1.807) is 18.2 Å². The molecule has 6 heteroatoms. The van der Waals surface area contributed by atoms with Crippen LogP contribution in [0.1, 0.15) is 30.0 Å². The van der Waals surface area contributed by atoms with E-state index in [-0.39, 0.29) is 11.8 Å². The smallest absolute Gasteiger partial charge is 0.243 e. The quantitative estimate of drug-likeness (QED) is 0.631. The topological polar surface area (TPSA) is 108 Å². The van der Waals surface area contributed by atoms with Crippen LogP contribution in [0.4, 0.5) is 11.4 Å². The molecule has 1 heterocycles. The third-order valence-corrected chi connectivity index (χ3v) is 5.52. The van der Waals surface area contributed by atoms with Gasteiger partial charge in [-0.3, -0.25) is 4.79 Å². The Balaban J connectivity index is 1.72. The van der Waals surface area contributed by atoms with Gasteiger partial charge in [-0.05, 0) is 34.9 Å². The summed E-state index contributed by atoms with van der Waals surface area (Å²) in [4.78, 5) is 12.8. The molecule has 0 saturated heterocycles. The number of rotatable bonds is 4. The first kappa shape index (κ1) is 20.2. The summed E-state index contributed by atoms with van der Waals surface area (Å²) in [5.74, 6) is -0.0654. The highest BCUT2D eigenvalue weighted by Crippen LogP contribution is 2.30. The molecule has 6 nitrogen and oxygen atoms in total. The first-order chi connectivity index (χ1) is 15.0. The second-order valence-electron chi connectivity index (χ2n) is 7.70. The maximum absolute atomic E-state index is 12.8. The van der Waals surface area contributed by atoms with E-state index in [1.807, 2.05) is 55.5 Å². The highest BCUT2D eigenvalue weighted by molar-refractivity contribution is 6.06. The van der Waals surface area contributed by atoms with Crippen LogP contribution in [-0.2, 0) is 11.3 Å². The number of hydrogen-bond donors (Lipinski definition) is 2. The zero-order chi connectivity index (χ0) is 22.0. The van der Waals surface area contributed by atoms with Gasteiger partial charge in [0.1, 0.15) is 0 Å². The Morgan fingerprint density at radius 1 is 1.03 bits per heavy atom. The first-order valence-electron chi connectivity index (χ1n) is 10.1. The van der Waals surface area contributed by atoms with Crippen molar-refractivity contribution in [2.45, 2.75) is 19.9 Å². The summed E-state index contributed by atoms with van der Waals surface area (Å²) in [6.45, 7) is 2.30. The van der Waals surface area contributed by atoms with Crippen LogP contribution in [0, 0.1) is 17.2 Å². The van der Waals surface area contributed by atoms with Crippen molar-refractivity contribution in [2.24, 2.45) is 11.0 Å². The molecular weight excluding hydrogens is 386 g/mol. The summed E-state index contributed by atoms with van der Waals surface area (Å²) in [5.41, 5.74) is 17.8. The second kappa shape index (κ2) is 8.33. The summed E-state index contributed by atoms with van der Waals surface area (Å²) >= 11 is 0. The minimum atomic E-state index is -0.0389. The van der Waals surface area contributed by atoms with Gasteiger partial charge in [0.05, 0.1) is 35.3 Å². The number of nitriles is 1. The number of hydrazone groups is 1. The lowest BCUT2D eigenvalue weighted by Crippen LogP contribution is -2.36. The Morgan fingerprint density at radius 3 is 2.48 bits per heavy atom. The number of benzene rings is 3. The summed E-state index contributed by atoms with van der Waals surface area (Å²) in [5, 5.41) is 15.7. The normalized spacial score (nSPS) is 16.0. The lowest BCUT2D eigenvalue weighted by atomic mass is 9.92. The molecule has 1 amide bonds. The molecule has 4 N–H and O–H groups in total. The van der Waals surface area contributed by atoms with Crippen molar-refractivity contribution < 1.29 is 4.79 Å². The van der Waals surface area contributed by atoms with Crippen LogP contribution >= 0.6 is 0 Å². The van der Waals surface area contributed by atoms with Crippen LogP contribution in [-0.4, -0.2) is 16.6 Å². The van der Waals surface area contributed by atoms with E-state index in [0.717, 1.165) is 28.0 Å². The van der Waals surface area contributed by atoms with Crippen molar-refractivity contribution in [3.8, 4) is 17.2 Å². The van der Waals surface area contributed by atoms with E-state index in [4.69, 9.17) is 16.6 Å². The molecule has 0 radical (unpaired) electrons. The Morgan fingerprint density at radius 2 is 1.74 bits per heavy atom. The molecule has 1 aliphatic heterocycles. The molecule has 1 aliphatic rings. The van der Waals surface area contributed by atoms with Crippen LogP contribution < -0.4 is 11.5 Å². The van der Waals surface area contributed by atoms with Gasteiger partial charge in [0.15, 0.2) is 0 Å². The third kappa shape index (κ3) is 3.99. The number of hydrogen-bond acceptors (Lipinski definition) is 5. The van der Waals surface area contributed by atoms with Crippen molar-refractivity contribution in [3.63, 3.8) is 0 Å². The molecule has 0 bridgehead atoms. The van der Waals surface area contributed by atoms with Gasteiger partial charge < -0.3 is 11.5 Å². The number of amides is 1. The highest BCUT2D eigenvalue weighted by Gasteiger charge is 2.28. The fourth-order valence-corrected chi connectivity index (χ4v) is 3.85. The van der Waals surface area contributed by atoms with Gasteiger partial charge >= 0.3 is 0 Å². The molecule has 3 aromatic carbocycles. The molecule has 31 heavy (non-hydrogen) atoms. The standard InChI is InChI=1S/C25H23N5O/c1-16-12-24(31)30(29-25(16)17-10-11-22(27)23(28)13-17)15-19-7-3-5-9-21(19)20-8-4-2-6-18(20)14-26/h2-11,13,16H,12,15,27-28H2,1H3. The number of nitrogen functional groups attached to an aromatic ring is 2. The SMILES string of the molecule is CC1CC(=O)N(Cc2ccccc2-c2ccccc2C#N)N=C1c1ccc(N)c(N)c1. The molecule has 4 rings (SSSR count). The first-order valence-corrected chi connectivity index (χ1v) is 10.1. The van der Waals surface area contributed by atoms with Crippen molar-refractivity contribution in [1.82, 2.24) is 5.01 Å². The second-order valence-corrected chi connectivity index (χ2v) is 7.70. The Kier molecular flexibility index (Phi) is 5.42. The molecule has 1 atom stereocenters. The van der Waals surface area contributed by atoms with Crippen LogP contribution in [0.3, 0.4) is 0 Å². The van der Waals surface area contributed by atoms with Crippen LogP contribution in [0.2, 0.25) is 0 Å². The molecule has 0 spiro atoms. The predicted octanol–water partition coefficient (Wildman–Crippen LogP) is 4.16. The fraction of sp³-hybridized carbons (Fsp3) is 0.160. The largest absolute Gasteiger partial charge is 0.397 e. The van der Waals surface area contributed by atoms with Crippen molar-refractivity contribution >= 4 is 23.0 Å². The summed E-state index contributed by atoms with van der Waals surface area (Å²) < 4.78 is 0. The van der Waals surface area contributed by atoms with E-state index >= 15 is 0 Å². The summed E-state index contributed by atoms with van der Waals surface area (Å²) in [6, 6.07) is 22.9. The Bertz CT molecular complexity index is 1220. The predicted molar refractivity (Wildman–Crippen MR) is 123 cm³/mol. The van der Waals surface area contributed by atoms with E-state index in [2.05, 4.69) is 6.07 Å². The molecule has 0 fully saturated rings. The van der Waals surface area contributed by atoms with Gasteiger partial charge in [0, 0.05) is 17.9 Å². The van der Waals surface area contributed by atoms with Gasteiger partial charge in [-0.1, -0.05) is 55.5 Å². The van der Waals surface area contributed by atoms with Gasteiger partial charge in [-0.25, -0.2) is 5.01 Å². The van der Waals surface area contributed by atoms with Crippen molar-refractivity contribution in [2.75, 3.05) is 11.5 Å². The average Bonchev–Trinajstić information content (AvgIpc) is 2.78. The van der Waals surface area contributed by atoms with E-state index in [9.17, 15) is 10.1 Å². The number of anilines is 2. The van der Waals surface area contributed by atoms with Crippen molar-refractivity contribution in [3.05, 3.63) is 83.4 Å². The van der Waals surface area contributed by atoms with E-state index in [1.165, 1.54) is 5.01 Å². The van der Waals surface area contributed by atoms with Crippen LogP contribution in [0.25, 0.3) is 11.1 Å². The highest BCUT2D eigenvalue weighted by atomic mass is 16.2. The minimum absolute atomic E-state index is 0.0265. The number of carbonyl (C=O) groups excluding carboxylic acids is 1. The molecule has 1 unspecified atom stereocenters. The molecule has 0 saturated carbocycles. The molecule has 0 aromatic heterocycles. The van der Waals surface area contributed by atoms with Crippen LogP contribution in [0.5, 0.6) is 0 Å². The molecule has 0 aliphatic carbocycles. The summed E-state index contributed by atoms with van der Waals surface area (Å²) in [6.07, 6.45) is 0.361. The Labute approximate surface area is 181 Å². The maximum atomic E-state index is 12.8. The number of nitrogens with two attached hydrogens (primary N) is 2. The van der Waals surface area contributed by atoms with Crippen molar-refractivity contribution in [1.29, 1.82) is 5.26 Å². The van der Waals surface area contributed by atoms with Crippen LogP contribution in [0.15, 0.2) is 71.8 Å². The zero-order valence-electron chi connectivity index (χ0n) is 17.2. The zero-order valence-corrected chi connectivity index (χ0v) is 17.2. The number of nitrogens with zero attached hydrogens (tertiary/aromatic N) is 3. The number of carbonyl (C=O) groups is 1. The third-order valence-electron chi connectivity index (χ3n) is 5.52. The monoisotopic (exact) mass is 409 g/mol. The Hall–Kier alpha value is -4.11. The molecule has 3 aromatic rings. The average molecular weight is 409 g/mol. The molecule has 154 valence electrons. The van der Waals surface area contributed by atoms with Gasteiger partial charge in [0.2, 0.25) is 5.91 Å². The minimum Gasteiger partial charge on any atom is -0.397 e. The van der Waals surface area contributed by atoms with Gasteiger partial charge in [-0.2, -0.15) is 10.4 Å². The van der Waals surface area contributed by atoms with E-state index in [0.29, 0.717) is 29.9 Å². The lowest BCUT2D eigenvalue weighted by molar-refractivity contribution is -0.133. The van der Waals surface area contributed by atoms with E-state index < -0.39 is 0 Å². The maximum Gasteiger partial charge on any atom is 0.243 e. The summed E-state index contributed by atoms with van der Waals surface area (Å²) in [7, 11) is 0. The molecular formula is C25H23N5O. The van der Waals surface area contributed by atoms with Gasteiger partial charge in [0.25, 0.3) is 0 Å². The van der Waals surface area contributed by atoms with Gasteiger partial charge in [-0.15, -0.1) is 0 Å². The fourth-order valence-electron chi connectivity index (χ4n) is 3.85.